The third-order valence-corrected chi connectivity index (χ3v) is 2.68. The Balaban J connectivity index is 2.31. The number of nitrogens with zero attached hydrogens (tertiary/aromatic N) is 5. The Morgan fingerprint density at radius 1 is 1.38 bits per heavy atom. The quantitative estimate of drug-likeness (QED) is 0.617. The molecule has 0 fully saturated rings. The van der Waals surface area contributed by atoms with Crippen LogP contribution in [0.4, 0.5) is 0 Å². The maximum Gasteiger partial charge on any atom is 0.211 e. The van der Waals surface area contributed by atoms with Crippen molar-refractivity contribution in [2.75, 3.05) is 11.6 Å². The van der Waals surface area contributed by atoms with Crippen LogP contribution in [0.3, 0.4) is 0 Å². The van der Waals surface area contributed by atoms with Gasteiger partial charge in [0, 0.05) is 18.0 Å². The van der Waals surface area contributed by atoms with Crippen LogP contribution in [0.1, 0.15) is 0 Å². The van der Waals surface area contributed by atoms with E-state index in [2.05, 4.69) is 15.2 Å². The van der Waals surface area contributed by atoms with E-state index in [1.165, 1.54) is 16.4 Å². The number of hydrogen-bond acceptors (Lipinski definition) is 6. The Labute approximate surface area is 96.1 Å². The van der Waals surface area contributed by atoms with Gasteiger partial charge < -0.3 is 5.84 Å². The monoisotopic (exact) mass is 232 g/mol. The first-order valence-electron chi connectivity index (χ1n) is 4.43. The van der Waals surface area contributed by atoms with E-state index in [9.17, 15) is 0 Å². The molecule has 2 heterocycles. The predicted octanol–water partition coefficient (Wildman–Crippen LogP) is 0.670. The van der Waals surface area contributed by atoms with Gasteiger partial charge in [-0.1, -0.05) is 11.8 Å². The first-order valence-corrected chi connectivity index (χ1v) is 5.42. The molecule has 2 rings (SSSR count). The minimum atomic E-state index is 0.297. The highest BCUT2D eigenvalue weighted by Gasteiger charge is 2.11. The second-order valence-corrected chi connectivity index (χ2v) is 3.80. The average Bonchev–Trinajstić information content (AvgIpc) is 2.69. The smallest absolute Gasteiger partial charge is 0.211 e. The number of thioether (sulfide) groups is 1. The summed E-state index contributed by atoms with van der Waals surface area (Å²) < 4.78 is 1.37. The van der Waals surface area contributed by atoms with Crippen molar-refractivity contribution in [3.8, 4) is 17.5 Å². The maximum absolute atomic E-state index is 8.46. The van der Waals surface area contributed by atoms with E-state index in [-0.39, 0.29) is 0 Å². The topological polar surface area (TPSA) is 93.4 Å². The molecule has 0 aromatic carbocycles. The molecule has 0 bridgehead atoms. The first-order chi connectivity index (χ1) is 7.83. The molecular weight excluding hydrogens is 224 g/mol. The second-order valence-electron chi connectivity index (χ2n) is 2.86. The SMILES string of the molecule is N#CCSc1nnc(-c2ccncc2)n1N. The van der Waals surface area contributed by atoms with E-state index in [1.54, 1.807) is 24.5 Å². The van der Waals surface area contributed by atoms with Crippen molar-refractivity contribution in [1.29, 1.82) is 5.26 Å². The van der Waals surface area contributed by atoms with Crippen molar-refractivity contribution in [3.63, 3.8) is 0 Å². The number of rotatable bonds is 3. The fraction of sp³-hybridized carbons (Fsp3) is 0.111. The van der Waals surface area contributed by atoms with Gasteiger partial charge >= 0.3 is 0 Å². The lowest BCUT2D eigenvalue weighted by Crippen LogP contribution is -2.11. The fourth-order valence-corrected chi connectivity index (χ4v) is 1.69. The lowest BCUT2D eigenvalue weighted by Gasteiger charge is -2.01. The zero-order chi connectivity index (χ0) is 11.4. The summed E-state index contributed by atoms with van der Waals surface area (Å²) in [6, 6.07) is 5.60. The van der Waals surface area contributed by atoms with Crippen LogP contribution in [0.2, 0.25) is 0 Å². The highest BCUT2D eigenvalue weighted by atomic mass is 32.2. The highest BCUT2D eigenvalue weighted by molar-refractivity contribution is 7.99. The summed E-state index contributed by atoms with van der Waals surface area (Å²) in [6.07, 6.45) is 3.32. The van der Waals surface area contributed by atoms with Gasteiger partial charge in [0.2, 0.25) is 5.16 Å². The molecule has 2 aromatic rings. The van der Waals surface area contributed by atoms with E-state index in [0.717, 1.165) is 5.56 Å². The van der Waals surface area contributed by atoms with Gasteiger partial charge in [-0.3, -0.25) is 4.98 Å². The molecule has 0 atom stereocenters. The van der Waals surface area contributed by atoms with Gasteiger partial charge in [-0.15, -0.1) is 10.2 Å². The van der Waals surface area contributed by atoms with Gasteiger partial charge in [-0.2, -0.15) is 5.26 Å². The van der Waals surface area contributed by atoms with Crippen molar-refractivity contribution in [3.05, 3.63) is 24.5 Å². The van der Waals surface area contributed by atoms with Crippen molar-refractivity contribution >= 4 is 11.8 Å². The molecule has 0 aliphatic heterocycles. The summed E-state index contributed by atoms with van der Waals surface area (Å²) in [4.78, 5) is 3.91. The molecular formula is C9H8N6S. The molecule has 0 saturated heterocycles. The normalized spacial score (nSPS) is 9.94. The van der Waals surface area contributed by atoms with Gasteiger partial charge in [-0.05, 0) is 12.1 Å². The number of aromatic nitrogens is 4. The predicted molar refractivity (Wildman–Crippen MR) is 59.7 cm³/mol. The highest BCUT2D eigenvalue weighted by Crippen LogP contribution is 2.20. The molecule has 0 spiro atoms. The van der Waals surface area contributed by atoms with Gasteiger partial charge in [-0.25, -0.2) is 4.68 Å². The van der Waals surface area contributed by atoms with Crippen LogP contribution in [0.25, 0.3) is 11.4 Å². The van der Waals surface area contributed by atoms with Crippen LogP contribution in [0, 0.1) is 11.3 Å². The van der Waals surface area contributed by atoms with Crippen molar-refractivity contribution < 1.29 is 0 Å². The van der Waals surface area contributed by atoms with Crippen LogP contribution in [-0.4, -0.2) is 25.6 Å². The second kappa shape index (κ2) is 4.63. The molecule has 0 aliphatic rings. The standard InChI is InChI=1S/C9H8N6S/c10-3-6-16-9-14-13-8(15(9)11)7-1-4-12-5-2-7/h1-2,4-5H,6,11H2. The van der Waals surface area contributed by atoms with E-state index < -0.39 is 0 Å². The summed E-state index contributed by atoms with van der Waals surface area (Å²) in [5, 5.41) is 16.9. The van der Waals surface area contributed by atoms with E-state index in [1.807, 2.05) is 6.07 Å². The summed E-state index contributed by atoms with van der Waals surface area (Å²) in [5.41, 5.74) is 0.841. The number of hydrogen-bond donors (Lipinski definition) is 1. The number of nitrogen functional groups attached to an aromatic ring is 1. The van der Waals surface area contributed by atoms with Gasteiger partial charge in [0.15, 0.2) is 5.82 Å². The fourth-order valence-electron chi connectivity index (χ4n) is 1.17. The zero-order valence-corrected chi connectivity index (χ0v) is 9.05. The molecule has 0 amide bonds. The minimum absolute atomic E-state index is 0.297. The molecule has 0 saturated carbocycles. The molecule has 6 nitrogen and oxygen atoms in total. The van der Waals surface area contributed by atoms with Crippen LogP contribution >= 0.6 is 11.8 Å². The lowest BCUT2D eigenvalue weighted by molar-refractivity contribution is 0.851. The molecule has 0 radical (unpaired) electrons. The Morgan fingerprint density at radius 2 is 2.12 bits per heavy atom. The third-order valence-electron chi connectivity index (χ3n) is 1.87. The molecule has 2 N–H and O–H groups in total. The van der Waals surface area contributed by atoms with Crippen LogP contribution in [0.15, 0.2) is 29.7 Å². The lowest BCUT2D eigenvalue weighted by atomic mass is 10.2. The van der Waals surface area contributed by atoms with E-state index in [4.69, 9.17) is 11.1 Å². The number of pyridine rings is 1. The molecule has 7 heteroatoms. The maximum atomic E-state index is 8.46. The van der Waals surface area contributed by atoms with Crippen LogP contribution < -0.4 is 5.84 Å². The zero-order valence-electron chi connectivity index (χ0n) is 8.24. The molecule has 16 heavy (non-hydrogen) atoms. The Kier molecular flexibility index (Phi) is 3.03. The minimum Gasteiger partial charge on any atom is -0.335 e. The average molecular weight is 232 g/mol. The molecule has 2 aromatic heterocycles. The van der Waals surface area contributed by atoms with Crippen molar-refractivity contribution in [1.82, 2.24) is 19.9 Å². The summed E-state index contributed by atoms with van der Waals surface area (Å²) in [6.45, 7) is 0. The molecule has 0 unspecified atom stereocenters. The van der Waals surface area contributed by atoms with Gasteiger partial charge in [0.05, 0.1) is 11.8 Å². The summed E-state index contributed by atoms with van der Waals surface area (Å²) in [7, 11) is 0. The molecule has 80 valence electrons. The number of nitriles is 1. The van der Waals surface area contributed by atoms with Crippen LogP contribution in [-0.2, 0) is 0 Å². The third kappa shape index (κ3) is 1.97. The Bertz CT molecular complexity index is 515. The van der Waals surface area contributed by atoms with E-state index >= 15 is 0 Å². The Hall–Kier alpha value is -2.07. The first kappa shape index (κ1) is 10.4. The van der Waals surface area contributed by atoms with Crippen molar-refractivity contribution in [2.24, 2.45) is 0 Å². The summed E-state index contributed by atoms with van der Waals surface area (Å²) >= 11 is 1.25. The van der Waals surface area contributed by atoms with Crippen LogP contribution in [0.5, 0.6) is 0 Å². The largest absolute Gasteiger partial charge is 0.335 e. The van der Waals surface area contributed by atoms with Gasteiger partial charge in [0.1, 0.15) is 0 Å². The number of nitrogens with two attached hydrogens (primary N) is 1. The summed E-state index contributed by atoms with van der Waals surface area (Å²) in [5.74, 6) is 6.67. The van der Waals surface area contributed by atoms with Crippen molar-refractivity contribution in [2.45, 2.75) is 5.16 Å². The molecule has 0 aliphatic carbocycles. The van der Waals surface area contributed by atoms with Gasteiger partial charge in [0.25, 0.3) is 0 Å². The van der Waals surface area contributed by atoms with E-state index in [0.29, 0.717) is 16.7 Å². The Morgan fingerprint density at radius 3 is 2.81 bits per heavy atom.